The van der Waals surface area contributed by atoms with Crippen LogP contribution in [0.1, 0.15) is 30.0 Å². The van der Waals surface area contributed by atoms with Crippen LogP contribution in [-0.4, -0.2) is 11.6 Å². The Labute approximate surface area is 125 Å². The molecule has 0 unspecified atom stereocenters. The van der Waals surface area contributed by atoms with Crippen LogP contribution in [-0.2, 0) is 13.1 Å². The maximum absolute atomic E-state index is 8.89. The second-order valence-corrected chi connectivity index (χ2v) is 4.73. The lowest BCUT2D eigenvalue weighted by Crippen LogP contribution is -2.14. The van der Waals surface area contributed by atoms with Gasteiger partial charge in [-0.05, 0) is 30.2 Å². The number of hydrogen-bond acceptors (Lipinski definition) is 4. The molecular weight excluding hydrogens is 262 g/mol. The van der Waals surface area contributed by atoms with E-state index in [-0.39, 0.29) is 0 Å². The standard InChI is InChI=1S/C17H19N3O/c1-2-9-21-17-16(7-4-8-20-17)13-19-12-15-6-3-5-14(10-15)11-18/h3-8,10,19H,2,9,12-13H2,1H3. The fourth-order valence-electron chi connectivity index (χ4n) is 1.98. The predicted molar refractivity (Wildman–Crippen MR) is 81.7 cm³/mol. The second-order valence-electron chi connectivity index (χ2n) is 4.73. The van der Waals surface area contributed by atoms with E-state index in [1.165, 1.54) is 0 Å². The summed E-state index contributed by atoms with van der Waals surface area (Å²) in [5.41, 5.74) is 2.82. The van der Waals surface area contributed by atoms with Gasteiger partial charge in [0, 0.05) is 24.8 Å². The van der Waals surface area contributed by atoms with Crippen molar-refractivity contribution in [3.63, 3.8) is 0 Å². The van der Waals surface area contributed by atoms with Crippen LogP contribution in [0, 0.1) is 11.3 Å². The SMILES string of the molecule is CCCOc1ncccc1CNCc1cccc(C#N)c1. The Bertz CT molecular complexity index is 619. The highest BCUT2D eigenvalue weighted by Gasteiger charge is 2.04. The molecule has 0 spiro atoms. The lowest BCUT2D eigenvalue weighted by atomic mass is 10.1. The first-order chi connectivity index (χ1) is 10.3. The first kappa shape index (κ1) is 15.0. The average Bonchev–Trinajstić information content (AvgIpc) is 2.54. The molecule has 0 aliphatic carbocycles. The highest BCUT2D eigenvalue weighted by Crippen LogP contribution is 2.14. The molecule has 2 rings (SSSR count). The molecule has 0 radical (unpaired) electrons. The number of nitrogens with zero attached hydrogens (tertiary/aromatic N) is 2. The minimum atomic E-state index is 0.675. The molecule has 0 atom stereocenters. The van der Waals surface area contributed by atoms with Crippen molar-refractivity contribution >= 4 is 0 Å². The molecule has 1 heterocycles. The Morgan fingerprint density at radius 3 is 2.95 bits per heavy atom. The van der Waals surface area contributed by atoms with Gasteiger partial charge in [-0.15, -0.1) is 0 Å². The van der Waals surface area contributed by atoms with Gasteiger partial charge in [-0.1, -0.05) is 25.1 Å². The molecule has 1 aromatic heterocycles. The number of hydrogen-bond donors (Lipinski definition) is 1. The molecule has 108 valence electrons. The van der Waals surface area contributed by atoms with Crippen LogP contribution in [0.4, 0.5) is 0 Å². The molecule has 0 aliphatic heterocycles. The lowest BCUT2D eigenvalue weighted by Gasteiger charge is -2.10. The third kappa shape index (κ3) is 4.59. The molecule has 4 heteroatoms. The molecule has 0 saturated heterocycles. The van der Waals surface area contributed by atoms with E-state index in [9.17, 15) is 0 Å². The number of aromatic nitrogens is 1. The molecule has 0 aliphatic rings. The zero-order chi connectivity index (χ0) is 14.9. The third-order valence-corrected chi connectivity index (χ3v) is 2.99. The molecule has 0 bridgehead atoms. The summed E-state index contributed by atoms with van der Waals surface area (Å²) in [4.78, 5) is 4.26. The maximum atomic E-state index is 8.89. The van der Waals surface area contributed by atoms with E-state index in [0.29, 0.717) is 31.1 Å². The van der Waals surface area contributed by atoms with E-state index in [1.807, 2.05) is 30.3 Å². The van der Waals surface area contributed by atoms with Gasteiger partial charge in [0.25, 0.3) is 0 Å². The highest BCUT2D eigenvalue weighted by atomic mass is 16.5. The number of ether oxygens (including phenoxy) is 1. The number of rotatable bonds is 7. The van der Waals surface area contributed by atoms with Gasteiger partial charge in [-0.3, -0.25) is 0 Å². The van der Waals surface area contributed by atoms with Gasteiger partial charge in [0.2, 0.25) is 5.88 Å². The van der Waals surface area contributed by atoms with Crippen molar-refractivity contribution in [2.75, 3.05) is 6.61 Å². The highest BCUT2D eigenvalue weighted by molar-refractivity contribution is 5.32. The van der Waals surface area contributed by atoms with Gasteiger partial charge in [0.15, 0.2) is 0 Å². The molecular formula is C17H19N3O. The zero-order valence-electron chi connectivity index (χ0n) is 12.2. The summed E-state index contributed by atoms with van der Waals surface area (Å²) in [6, 6.07) is 13.7. The van der Waals surface area contributed by atoms with E-state index in [2.05, 4.69) is 23.3 Å². The van der Waals surface area contributed by atoms with Crippen molar-refractivity contribution in [1.29, 1.82) is 5.26 Å². The Morgan fingerprint density at radius 2 is 2.14 bits per heavy atom. The van der Waals surface area contributed by atoms with Crippen LogP contribution in [0.25, 0.3) is 0 Å². The Morgan fingerprint density at radius 1 is 1.24 bits per heavy atom. The fourth-order valence-corrected chi connectivity index (χ4v) is 1.98. The molecule has 21 heavy (non-hydrogen) atoms. The van der Waals surface area contributed by atoms with Crippen LogP contribution in [0.3, 0.4) is 0 Å². The van der Waals surface area contributed by atoms with Crippen molar-refractivity contribution < 1.29 is 4.74 Å². The van der Waals surface area contributed by atoms with Crippen molar-refractivity contribution in [1.82, 2.24) is 10.3 Å². The summed E-state index contributed by atoms with van der Waals surface area (Å²) < 4.78 is 5.63. The first-order valence-corrected chi connectivity index (χ1v) is 7.10. The minimum Gasteiger partial charge on any atom is -0.477 e. The van der Waals surface area contributed by atoms with Crippen LogP contribution < -0.4 is 10.1 Å². The molecule has 0 saturated carbocycles. The molecule has 1 aromatic carbocycles. The van der Waals surface area contributed by atoms with Crippen molar-refractivity contribution in [2.24, 2.45) is 0 Å². The van der Waals surface area contributed by atoms with E-state index >= 15 is 0 Å². The fraction of sp³-hybridized carbons (Fsp3) is 0.294. The Kier molecular flexibility index (Phi) is 5.74. The van der Waals surface area contributed by atoms with Gasteiger partial charge in [-0.25, -0.2) is 4.98 Å². The molecule has 2 aromatic rings. The zero-order valence-corrected chi connectivity index (χ0v) is 12.2. The summed E-state index contributed by atoms with van der Waals surface area (Å²) in [5.74, 6) is 0.692. The van der Waals surface area contributed by atoms with Gasteiger partial charge in [0.1, 0.15) is 0 Å². The van der Waals surface area contributed by atoms with Gasteiger partial charge < -0.3 is 10.1 Å². The number of benzene rings is 1. The third-order valence-electron chi connectivity index (χ3n) is 2.99. The van der Waals surface area contributed by atoms with Crippen LogP contribution in [0.2, 0.25) is 0 Å². The lowest BCUT2D eigenvalue weighted by molar-refractivity contribution is 0.301. The second kappa shape index (κ2) is 8.03. The summed E-state index contributed by atoms with van der Waals surface area (Å²) in [5, 5.41) is 12.2. The summed E-state index contributed by atoms with van der Waals surface area (Å²) in [7, 11) is 0. The number of nitrogens with one attached hydrogen (secondary N) is 1. The van der Waals surface area contributed by atoms with Gasteiger partial charge in [0.05, 0.1) is 18.2 Å². The average molecular weight is 281 g/mol. The predicted octanol–water partition coefficient (Wildman–Crippen LogP) is 3.03. The van der Waals surface area contributed by atoms with Crippen LogP contribution in [0.15, 0.2) is 42.6 Å². The quantitative estimate of drug-likeness (QED) is 0.847. The maximum Gasteiger partial charge on any atom is 0.217 e. The minimum absolute atomic E-state index is 0.675. The normalized spacial score (nSPS) is 10.1. The largest absolute Gasteiger partial charge is 0.477 e. The Hall–Kier alpha value is -2.38. The van der Waals surface area contributed by atoms with E-state index in [1.54, 1.807) is 12.3 Å². The van der Waals surface area contributed by atoms with Gasteiger partial charge >= 0.3 is 0 Å². The summed E-state index contributed by atoms with van der Waals surface area (Å²) >= 11 is 0. The van der Waals surface area contributed by atoms with Crippen molar-refractivity contribution in [3.05, 3.63) is 59.3 Å². The van der Waals surface area contributed by atoms with Crippen molar-refractivity contribution in [3.8, 4) is 11.9 Å². The Balaban J connectivity index is 1.92. The van der Waals surface area contributed by atoms with E-state index in [4.69, 9.17) is 10.00 Å². The topological polar surface area (TPSA) is 57.9 Å². The van der Waals surface area contributed by atoms with Crippen LogP contribution in [0.5, 0.6) is 5.88 Å². The van der Waals surface area contributed by atoms with Gasteiger partial charge in [-0.2, -0.15) is 5.26 Å². The first-order valence-electron chi connectivity index (χ1n) is 7.10. The van der Waals surface area contributed by atoms with Crippen LogP contribution >= 0.6 is 0 Å². The summed E-state index contributed by atoms with van der Waals surface area (Å²) in [6.07, 6.45) is 2.70. The molecule has 0 fully saturated rings. The monoisotopic (exact) mass is 281 g/mol. The van der Waals surface area contributed by atoms with E-state index < -0.39 is 0 Å². The van der Waals surface area contributed by atoms with Crippen molar-refractivity contribution in [2.45, 2.75) is 26.4 Å². The molecule has 4 nitrogen and oxygen atoms in total. The summed E-state index contributed by atoms with van der Waals surface area (Å²) in [6.45, 7) is 4.14. The number of pyridine rings is 1. The molecule has 0 amide bonds. The number of nitriles is 1. The molecule has 1 N–H and O–H groups in total. The smallest absolute Gasteiger partial charge is 0.217 e. The van der Waals surface area contributed by atoms with E-state index in [0.717, 1.165) is 17.5 Å².